The van der Waals surface area contributed by atoms with E-state index in [2.05, 4.69) is 10.2 Å². The number of carbonyl (C=O) groups excluding carboxylic acids is 1. The highest BCUT2D eigenvalue weighted by Gasteiger charge is 2.45. The van der Waals surface area contributed by atoms with Crippen molar-refractivity contribution < 1.29 is 17.6 Å². The summed E-state index contributed by atoms with van der Waals surface area (Å²) >= 11 is 0. The number of carbonyl (C=O) groups is 1. The van der Waals surface area contributed by atoms with Gasteiger partial charge in [0.25, 0.3) is 0 Å². The third-order valence-electron chi connectivity index (χ3n) is 5.66. The summed E-state index contributed by atoms with van der Waals surface area (Å²) in [6, 6.07) is 3.58. The molecule has 3 aliphatic heterocycles. The maximum Gasteiger partial charge on any atom is 0.226 e. The number of piperazine rings is 1. The number of furan rings is 1. The van der Waals surface area contributed by atoms with Gasteiger partial charge in [-0.1, -0.05) is 0 Å². The minimum atomic E-state index is -3.04. The van der Waals surface area contributed by atoms with Crippen molar-refractivity contribution in [1.29, 1.82) is 0 Å². The molecule has 1 aromatic rings. The number of fused-ring (bicyclic) bond motifs is 1. The molecule has 0 bridgehead atoms. The Morgan fingerprint density at radius 2 is 2.04 bits per heavy atom. The molecule has 3 saturated heterocycles. The van der Waals surface area contributed by atoms with Gasteiger partial charge in [-0.15, -0.1) is 0 Å². The average Bonchev–Trinajstić information content (AvgIpc) is 3.20. The van der Waals surface area contributed by atoms with E-state index >= 15 is 0 Å². The van der Waals surface area contributed by atoms with Crippen molar-refractivity contribution >= 4 is 15.7 Å². The van der Waals surface area contributed by atoms with Crippen molar-refractivity contribution in [2.24, 2.45) is 5.92 Å². The Balaban J connectivity index is 1.35. The highest BCUT2D eigenvalue weighted by Crippen LogP contribution is 2.27. The predicted molar refractivity (Wildman–Crippen MR) is 92.7 cm³/mol. The lowest BCUT2D eigenvalue weighted by Gasteiger charge is -2.41. The molecule has 8 heteroatoms. The molecule has 1 aromatic heterocycles. The second kappa shape index (κ2) is 6.74. The molecule has 3 aliphatic rings. The van der Waals surface area contributed by atoms with E-state index in [9.17, 15) is 13.2 Å². The van der Waals surface area contributed by atoms with Crippen molar-refractivity contribution in [3.05, 3.63) is 24.2 Å². The van der Waals surface area contributed by atoms with Crippen LogP contribution >= 0.6 is 0 Å². The molecule has 0 aliphatic carbocycles. The first-order chi connectivity index (χ1) is 12.0. The normalized spacial score (nSPS) is 30.3. The zero-order chi connectivity index (χ0) is 17.4. The van der Waals surface area contributed by atoms with Gasteiger partial charge in [-0.3, -0.25) is 9.69 Å². The Labute approximate surface area is 148 Å². The Kier molecular flexibility index (Phi) is 4.59. The molecule has 3 fully saturated rings. The van der Waals surface area contributed by atoms with Gasteiger partial charge in [0.2, 0.25) is 5.91 Å². The van der Waals surface area contributed by atoms with E-state index in [0.717, 1.165) is 38.2 Å². The topological polar surface area (TPSA) is 82.9 Å². The molecule has 138 valence electrons. The number of nitrogens with zero attached hydrogens (tertiary/aromatic N) is 2. The number of hydrogen-bond acceptors (Lipinski definition) is 6. The molecule has 0 saturated carbocycles. The zero-order valence-corrected chi connectivity index (χ0v) is 15.1. The number of amides is 1. The highest BCUT2D eigenvalue weighted by molar-refractivity contribution is 7.91. The van der Waals surface area contributed by atoms with Gasteiger partial charge in [0, 0.05) is 25.0 Å². The maximum absolute atomic E-state index is 13.0. The molecular weight excluding hydrogens is 342 g/mol. The summed E-state index contributed by atoms with van der Waals surface area (Å²) in [6.07, 6.45) is 3.34. The Bertz CT molecular complexity index is 710. The fourth-order valence-electron chi connectivity index (χ4n) is 4.34. The van der Waals surface area contributed by atoms with Crippen molar-refractivity contribution in [2.75, 3.05) is 37.7 Å². The van der Waals surface area contributed by atoms with Crippen LogP contribution < -0.4 is 5.32 Å². The largest absolute Gasteiger partial charge is 0.468 e. The molecule has 1 amide bonds. The number of piperidine rings is 1. The Morgan fingerprint density at radius 3 is 2.76 bits per heavy atom. The highest BCUT2D eigenvalue weighted by atomic mass is 32.2. The number of hydrogen-bond donors (Lipinski definition) is 1. The number of likely N-dealkylation sites (tertiary alicyclic amines) is 1. The molecule has 2 atom stereocenters. The van der Waals surface area contributed by atoms with E-state index in [-0.39, 0.29) is 35.4 Å². The van der Waals surface area contributed by atoms with Crippen LogP contribution in [0.5, 0.6) is 0 Å². The van der Waals surface area contributed by atoms with Gasteiger partial charge in [-0.05, 0) is 38.1 Å². The minimum absolute atomic E-state index is 0.00917. The van der Waals surface area contributed by atoms with Gasteiger partial charge in [0.05, 0.1) is 30.4 Å². The van der Waals surface area contributed by atoms with Gasteiger partial charge >= 0.3 is 0 Å². The van der Waals surface area contributed by atoms with Crippen LogP contribution in [0.15, 0.2) is 22.8 Å². The summed E-state index contributed by atoms with van der Waals surface area (Å²) in [6.45, 7) is 3.82. The number of rotatable bonds is 3. The van der Waals surface area contributed by atoms with E-state index in [1.54, 1.807) is 6.26 Å². The van der Waals surface area contributed by atoms with Gasteiger partial charge in [-0.25, -0.2) is 8.42 Å². The van der Waals surface area contributed by atoms with E-state index in [4.69, 9.17) is 4.42 Å². The first-order valence-corrected chi connectivity index (χ1v) is 10.8. The predicted octanol–water partition coefficient (Wildman–Crippen LogP) is 0.0890. The minimum Gasteiger partial charge on any atom is -0.468 e. The number of sulfone groups is 1. The van der Waals surface area contributed by atoms with Crippen LogP contribution in [-0.2, 0) is 21.2 Å². The van der Waals surface area contributed by atoms with Crippen LogP contribution in [0, 0.1) is 5.92 Å². The van der Waals surface area contributed by atoms with Gasteiger partial charge in [0.15, 0.2) is 9.84 Å². The van der Waals surface area contributed by atoms with Crippen LogP contribution in [0.3, 0.4) is 0 Å². The monoisotopic (exact) mass is 367 g/mol. The summed E-state index contributed by atoms with van der Waals surface area (Å²) in [7, 11) is -3.04. The van der Waals surface area contributed by atoms with Crippen LogP contribution in [0.4, 0.5) is 0 Å². The first kappa shape index (κ1) is 17.1. The molecular formula is C17H25N3O4S. The van der Waals surface area contributed by atoms with Gasteiger partial charge in [-0.2, -0.15) is 0 Å². The van der Waals surface area contributed by atoms with E-state index < -0.39 is 9.84 Å². The first-order valence-electron chi connectivity index (χ1n) is 9.01. The SMILES string of the molecule is O=C(C1CCN(Cc2ccco2)CC1)N1CCN[C@H]2CS(=O)(=O)C[C@H]21. The van der Waals surface area contributed by atoms with Crippen molar-refractivity contribution in [3.8, 4) is 0 Å². The molecule has 0 aromatic carbocycles. The summed E-state index contributed by atoms with van der Waals surface area (Å²) in [5.41, 5.74) is 0. The Hall–Kier alpha value is -1.38. The van der Waals surface area contributed by atoms with E-state index in [0.29, 0.717) is 13.1 Å². The third-order valence-corrected chi connectivity index (χ3v) is 7.38. The van der Waals surface area contributed by atoms with E-state index in [1.807, 2.05) is 17.0 Å². The number of nitrogens with one attached hydrogen (secondary N) is 1. The lowest BCUT2D eigenvalue weighted by Crippen LogP contribution is -2.60. The smallest absolute Gasteiger partial charge is 0.226 e. The molecule has 0 spiro atoms. The van der Waals surface area contributed by atoms with Gasteiger partial charge < -0.3 is 14.6 Å². The van der Waals surface area contributed by atoms with Gasteiger partial charge in [0.1, 0.15) is 5.76 Å². The summed E-state index contributed by atoms with van der Waals surface area (Å²) < 4.78 is 29.3. The lowest BCUT2D eigenvalue weighted by molar-refractivity contribution is -0.140. The molecule has 7 nitrogen and oxygen atoms in total. The molecule has 4 rings (SSSR count). The zero-order valence-electron chi connectivity index (χ0n) is 14.3. The van der Waals surface area contributed by atoms with Crippen LogP contribution in [0.1, 0.15) is 18.6 Å². The van der Waals surface area contributed by atoms with E-state index in [1.165, 1.54) is 0 Å². The molecule has 1 N–H and O–H groups in total. The van der Waals surface area contributed by atoms with Crippen LogP contribution in [0.2, 0.25) is 0 Å². The van der Waals surface area contributed by atoms with Crippen LogP contribution in [0.25, 0.3) is 0 Å². The quantitative estimate of drug-likeness (QED) is 0.815. The molecule has 4 heterocycles. The molecule has 0 radical (unpaired) electrons. The fraction of sp³-hybridized carbons (Fsp3) is 0.706. The Morgan fingerprint density at radius 1 is 1.24 bits per heavy atom. The van der Waals surface area contributed by atoms with Crippen LogP contribution in [-0.4, -0.2) is 73.9 Å². The van der Waals surface area contributed by atoms with Crippen molar-refractivity contribution in [2.45, 2.75) is 31.5 Å². The molecule has 0 unspecified atom stereocenters. The summed E-state index contributed by atoms with van der Waals surface area (Å²) in [5, 5.41) is 3.26. The second-order valence-corrected chi connectivity index (χ2v) is 9.52. The fourth-order valence-corrected chi connectivity index (χ4v) is 6.29. The van der Waals surface area contributed by atoms with Crippen molar-refractivity contribution in [1.82, 2.24) is 15.1 Å². The lowest BCUT2D eigenvalue weighted by atomic mass is 9.93. The maximum atomic E-state index is 13.0. The third kappa shape index (κ3) is 3.61. The van der Waals surface area contributed by atoms with Crippen molar-refractivity contribution in [3.63, 3.8) is 0 Å². The summed E-state index contributed by atoms with van der Waals surface area (Å²) in [4.78, 5) is 17.2. The molecule has 25 heavy (non-hydrogen) atoms. The average molecular weight is 367 g/mol. The summed E-state index contributed by atoms with van der Waals surface area (Å²) in [5.74, 6) is 1.36. The standard InChI is InChI=1S/C17H25N3O4S/c21-17(20-8-5-18-15-11-25(22,23)12-16(15)20)13-3-6-19(7-4-13)10-14-2-1-9-24-14/h1-2,9,13,15-16,18H,3-8,10-12H2/t15-,16+/m0/s1. The second-order valence-electron chi connectivity index (χ2n) is 7.37.